The molecule has 0 spiro atoms. The molecule has 0 saturated carbocycles. The number of nitrogens with zero attached hydrogens (tertiary/aromatic N) is 2. The molecule has 9 heteroatoms. The molecule has 0 aliphatic carbocycles. The molecule has 1 aliphatic rings. The summed E-state index contributed by atoms with van der Waals surface area (Å²) in [7, 11) is -3.12. The number of aromatic amines is 1. The quantitative estimate of drug-likeness (QED) is 0.666. The minimum absolute atomic E-state index is 0.00489. The Hall–Kier alpha value is -2.94. The fourth-order valence-electron chi connectivity index (χ4n) is 3.68. The molecule has 3 aromatic rings. The number of sulfone groups is 1. The highest BCUT2D eigenvalue weighted by atomic mass is 32.2. The Morgan fingerprint density at radius 2 is 1.97 bits per heavy atom. The Morgan fingerprint density at radius 3 is 2.63 bits per heavy atom. The van der Waals surface area contributed by atoms with Gasteiger partial charge in [0.15, 0.2) is 9.84 Å². The Balaban J connectivity index is 1.75. The number of benzene rings is 1. The van der Waals surface area contributed by atoms with Gasteiger partial charge in [-0.25, -0.2) is 13.1 Å². The van der Waals surface area contributed by atoms with Crippen molar-refractivity contribution in [3.05, 3.63) is 58.0 Å². The molecule has 1 aliphatic heterocycles. The van der Waals surface area contributed by atoms with Crippen LogP contribution in [-0.4, -0.2) is 40.6 Å². The number of pyridine rings is 1. The maximum atomic E-state index is 13.1. The molecule has 1 saturated heterocycles. The van der Waals surface area contributed by atoms with Crippen LogP contribution in [0, 0.1) is 0 Å². The molecule has 4 rings (SSSR count). The lowest BCUT2D eigenvalue weighted by Gasteiger charge is -2.15. The number of para-hydroxylation sites is 1. The van der Waals surface area contributed by atoms with Gasteiger partial charge in [0.05, 0.1) is 28.8 Å². The maximum absolute atomic E-state index is 13.1. The zero-order chi connectivity index (χ0) is 21.7. The van der Waals surface area contributed by atoms with E-state index in [4.69, 9.17) is 0 Å². The van der Waals surface area contributed by atoms with Crippen LogP contribution in [0.5, 0.6) is 0 Å². The Kier molecular flexibility index (Phi) is 4.80. The second-order valence-corrected chi connectivity index (χ2v) is 10.9. The van der Waals surface area contributed by atoms with Crippen LogP contribution in [0.4, 0.5) is 5.82 Å². The van der Waals surface area contributed by atoms with Crippen molar-refractivity contribution in [2.24, 2.45) is 0 Å². The van der Waals surface area contributed by atoms with Gasteiger partial charge >= 0.3 is 0 Å². The van der Waals surface area contributed by atoms with Gasteiger partial charge in [0.1, 0.15) is 5.82 Å². The van der Waals surface area contributed by atoms with E-state index >= 15 is 0 Å². The summed E-state index contributed by atoms with van der Waals surface area (Å²) in [6, 6.07) is 9.78. The third-order valence-corrected chi connectivity index (χ3v) is 7.05. The van der Waals surface area contributed by atoms with Crippen molar-refractivity contribution in [3.8, 4) is 0 Å². The van der Waals surface area contributed by atoms with E-state index in [-0.39, 0.29) is 34.1 Å². The molecule has 2 aromatic heterocycles. The smallest absolute Gasteiger partial charge is 0.257 e. The first-order valence-electron chi connectivity index (χ1n) is 9.77. The molecular weight excluding hydrogens is 404 g/mol. The van der Waals surface area contributed by atoms with Crippen molar-refractivity contribution in [1.29, 1.82) is 0 Å². The van der Waals surface area contributed by atoms with E-state index in [2.05, 4.69) is 15.4 Å². The van der Waals surface area contributed by atoms with Crippen LogP contribution in [0.15, 0.2) is 41.2 Å². The summed E-state index contributed by atoms with van der Waals surface area (Å²) in [5, 5.41) is 8.11. The van der Waals surface area contributed by atoms with Crippen LogP contribution in [0.25, 0.3) is 10.9 Å². The van der Waals surface area contributed by atoms with Crippen molar-refractivity contribution in [2.75, 3.05) is 16.8 Å². The van der Waals surface area contributed by atoms with Crippen molar-refractivity contribution < 1.29 is 13.2 Å². The van der Waals surface area contributed by atoms with Crippen LogP contribution in [-0.2, 0) is 15.3 Å². The largest absolute Gasteiger partial charge is 0.322 e. The second-order valence-electron chi connectivity index (χ2n) is 8.71. The van der Waals surface area contributed by atoms with Crippen LogP contribution in [0.1, 0.15) is 49.3 Å². The van der Waals surface area contributed by atoms with Gasteiger partial charge in [-0.3, -0.25) is 9.59 Å². The third-order valence-electron chi connectivity index (χ3n) is 5.30. The molecule has 0 bridgehead atoms. The van der Waals surface area contributed by atoms with E-state index in [9.17, 15) is 18.0 Å². The number of rotatable bonds is 3. The van der Waals surface area contributed by atoms with Crippen molar-refractivity contribution in [1.82, 2.24) is 14.8 Å². The molecule has 0 radical (unpaired) electrons. The lowest BCUT2D eigenvalue weighted by Crippen LogP contribution is -2.21. The predicted molar refractivity (Wildman–Crippen MR) is 116 cm³/mol. The van der Waals surface area contributed by atoms with Crippen molar-refractivity contribution >= 4 is 32.5 Å². The summed E-state index contributed by atoms with van der Waals surface area (Å²) in [5.74, 6) is 0.0833. The number of carbonyl (C=O) groups is 1. The number of hydrogen-bond donors (Lipinski definition) is 2. The minimum atomic E-state index is -3.12. The first kappa shape index (κ1) is 20.3. The molecule has 1 aromatic carbocycles. The fourth-order valence-corrected chi connectivity index (χ4v) is 5.37. The summed E-state index contributed by atoms with van der Waals surface area (Å²) in [6.07, 6.45) is 0.449. The summed E-state index contributed by atoms with van der Waals surface area (Å²) in [5.41, 5.74) is 0.917. The molecule has 3 heterocycles. The molecular formula is C21H24N4O4S. The van der Waals surface area contributed by atoms with Gasteiger partial charge in [-0.2, -0.15) is 5.10 Å². The van der Waals surface area contributed by atoms with E-state index in [1.165, 1.54) is 6.07 Å². The number of carbonyl (C=O) groups excluding carboxylic acids is 1. The van der Waals surface area contributed by atoms with Crippen molar-refractivity contribution in [3.63, 3.8) is 0 Å². The van der Waals surface area contributed by atoms with Gasteiger partial charge in [0.2, 0.25) is 5.56 Å². The van der Waals surface area contributed by atoms with Gasteiger partial charge in [0.25, 0.3) is 5.91 Å². The third kappa shape index (κ3) is 3.89. The summed E-state index contributed by atoms with van der Waals surface area (Å²) >= 11 is 0. The number of nitrogens with one attached hydrogen (secondary N) is 2. The lowest BCUT2D eigenvalue weighted by atomic mass is 9.92. The summed E-state index contributed by atoms with van der Waals surface area (Å²) < 4.78 is 25.6. The number of hydrogen-bond acceptors (Lipinski definition) is 5. The predicted octanol–water partition coefficient (Wildman–Crippen LogP) is 2.63. The zero-order valence-corrected chi connectivity index (χ0v) is 17.9. The number of H-pyrrole nitrogens is 1. The summed E-state index contributed by atoms with van der Waals surface area (Å²) in [6.45, 7) is 6.00. The van der Waals surface area contributed by atoms with Crippen LogP contribution in [0.2, 0.25) is 0 Å². The SMILES string of the molecule is CC(C)(C)c1cc(NC(=O)c2cc(=O)[nH]c3ccccc23)n([C@@H]2CCS(=O)(=O)C2)n1. The monoisotopic (exact) mass is 428 g/mol. The Labute approximate surface area is 174 Å². The summed E-state index contributed by atoms with van der Waals surface area (Å²) in [4.78, 5) is 27.9. The Bertz CT molecular complexity index is 1300. The van der Waals surface area contributed by atoms with E-state index in [0.717, 1.165) is 5.69 Å². The van der Waals surface area contributed by atoms with E-state index in [0.29, 0.717) is 23.1 Å². The highest BCUT2D eigenvalue weighted by molar-refractivity contribution is 7.91. The fraction of sp³-hybridized carbons (Fsp3) is 0.381. The molecule has 1 fully saturated rings. The zero-order valence-electron chi connectivity index (χ0n) is 17.1. The molecule has 1 atom stereocenters. The average molecular weight is 429 g/mol. The van der Waals surface area contributed by atoms with Gasteiger partial charge < -0.3 is 10.3 Å². The van der Waals surface area contributed by atoms with E-state index in [1.807, 2.05) is 20.8 Å². The molecule has 30 heavy (non-hydrogen) atoms. The van der Waals surface area contributed by atoms with Gasteiger partial charge in [-0.15, -0.1) is 0 Å². The normalized spacial score (nSPS) is 18.6. The van der Waals surface area contributed by atoms with Gasteiger partial charge in [-0.05, 0) is 12.5 Å². The first-order chi connectivity index (χ1) is 14.0. The standard InChI is InChI=1S/C21H24N4O4S/c1-21(2,3)17-11-18(25(24-17)13-8-9-30(28,29)12-13)23-20(27)15-10-19(26)22-16-7-5-4-6-14(15)16/h4-7,10-11,13H,8-9,12H2,1-3H3,(H,22,26)(H,23,27)/t13-/m1/s1. The highest BCUT2D eigenvalue weighted by Crippen LogP contribution is 2.31. The van der Waals surface area contributed by atoms with E-state index < -0.39 is 15.7 Å². The minimum Gasteiger partial charge on any atom is -0.322 e. The van der Waals surface area contributed by atoms with Gasteiger partial charge in [0, 0.05) is 28.5 Å². The Morgan fingerprint density at radius 1 is 1.23 bits per heavy atom. The van der Waals surface area contributed by atoms with Crippen LogP contribution < -0.4 is 10.9 Å². The number of amides is 1. The first-order valence-corrected chi connectivity index (χ1v) is 11.6. The molecule has 158 valence electrons. The van der Waals surface area contributed by atoms with Crippen molar-refractivity contribution in [2.45, 2.75) is 38.6 Å². The van der Waals surface area contributed by atoms with Gasteiger partial charge in [-0.1, -0.05) is 39.0 Å². The van der Waals surface area contributed by atoms with Crippen LogP contribution >= 0.6 is 0 Å². The number of anilines is 1. The maximum Gasteiger partial charge on any atom is 0.257 e. The topological polar surface area (TPSA) is 114 Å². The molecule has 0 unspecified atom stereocenters. The average Bonchev–Trinajstić information content (AvgIpc) is 3.23. The molecule has 8 nitrogen and oxygen atoms in total. The highest BCUT2D eigenvalue weighted by Gasteiger charge is 2.33. The molecule has 1 amide bonds. The lowest BCUT2D eigenvalue weighted by molar-refractivity contribution is 0.102. The second kappa shape index (κ2) is 7.09. The van der Waals surface area contributed by atoms with E-state index in [1.54, 1.807) is 35.0 Å². The number of aromatic nitrogens is 3. The van der Waals surface area contributed by atoms with Crippen LogP contribution in [0.3, 0.4) is 0 Å². The molecule has 2 N–H and O–H groups in total. The number of fused-ring (bicyclic) bond motifs is 1.